The maximum atomic E-state index is 12.8. The van der Waals surface area contributed by atoms with Crippen LogP contribution in [0.4, 0.5) is 18.0 Å². The molecular weight excluding hydrogens is 375 g/mol. The van der Waals surface area contributed by atoms with E-state index in [-0.39, 0.29) is 37.1 Å². The molecule has 2 N–H and O–H groups in total. The Labute approximate surface area is 159 Å². The number of carbonyl (C=O) groups excluding carboxylic acids is 3. The van der Waals surface area contributed by atoms with E-state index in [2.05, 4.69) is 10.6 Å². The summed E-state index contributed by atoms with van der Waals surface area (Å²) < 4.78 is 38.5. The molecule has 150 valence electrons. The van der Waals surface area contributed by atoms with Gasteiger partial charge in [-0.05, 0) is 54.9 Å². The van der Waals surface area contributed by atoms with Gasteiger partial charge in [0, 0.05) is 19.5 Å². The molecule has 1 saturated carbocycles. The molecule has 3 aliphatic rings. The molecule has 4 amide bonds. The number of imide groups is 1. The van der Waals surface area contributed by atoms with Gasteiger partial charge in [0.1, 0.15) is 5.54 Å². The number of amides is 4. The summed E-state index contributed by atoms with van der Waals surface area (Å²) in [6, 6.07) is 3.08. The zero-order valence-corrected chi connectivity index (χ0v) is 15.1. The first-order valence-corrected chi connectivity index (χ1v) is 9.29. The Morgan fingerprint density at radius 3 is 2.57 bits per heavy atom. The Balaban J connectivity index is 1.41. The Kier molecular flexibility index (Phi) is 4.35. The van der Waals surface area contributed by atoms with Crippen molar-refractivity contribution < 1.29 is 27.6 Å². The minimum Gasteiger partial charge on any atom is -0.338 e. The molecule has 0 bridgehead atoms. The molecule has 2 aliphatic heterocycles. The molecule has 0 aromatic heterocycles. The van der Waals surface area contributed by atoms with E-state index in [1.54, 1.807) is 4.90 Å². The third kappa shape index (κ3) is 3.33. The largest absolute Gasteiger partial charge is 0.416 e. The number of alkyl halides is 3. The van der Waals surface area contributed by atoms with Crippen LogP contribution in [0.5, 0.6) is 0 Å². The van der Waals surface area contributed by atoms with Crippen LogP contribution in [-0.4, -0.2) is 34.8 Å². The highest BCUT2D eigenvalue weighted by molar-refractivity contribution is 6.07. The fourth-order valence-corrected chi connectivity index (χ4v) is 4.15. The molecule has 0 unspecified atom stereocenters. The Morgan fingerprint density at radius 2 is 1.96 bits per heavy atom. The number of benzene rings is 1. The first-order valence-electron chi connectivity index (χ1n) is 9.29. The van der Waals surface area contributed by atoms with Crippen LogP contribution in [0.2, 0.25) is 0 Å². The molecule has 1 saturated heterocycles. The van der Waals surface area contributed by atoms with Gasteiger partial charge in [-0.15, -0.1) is 0 Å². The van der Waals surface area contributed by atoms with Gasteiger partial charge >= 0.3 is 12.2 Å². The number of hydrogen-bond acceptors (Lipinski definition) is 3. The van der Waals surface area contributed by atoms with Crippen molar-refractivity contribution in [3.63, 3.8) is 0 Å². The third-order valence-electron chi connectivity index (χ3n) is 5.87. The average molecular weight is 395 g/mol. The quantitative estimate of drug-likeness (QED) is 0.769. The lowest BCUT2D eigenvalue weighted by molar-refractivity contribution is -0.138. The number of urea groups is 1. The van der Waals surface area contributed by atoms with E-state index in [1.807, 2.05) is 0 Å². The van der Waals surface area contributed by atoms with Gasteiger partial charge in [-0.25, -0.2) is 4.79 Å². The molecule has 28 heavy (non-hydrogen) atoms. The zero-order chi connectivity index (χ0) is 20.1. The Hall–Kier alpha value is -2.58. The van der Waals surface area contributed by atoms with Crippen LogP contribution in [0.15, 0.2) is 18.2 Å². The Morgan fingerprint density at radius 1 is 1.21 bits per heavy atom. The summed E-state index contributed by atoms with van der Waals surface area (Å²) in [6.45, 7) is 0.587. The lowest BCUT2D eigenvalue weighted by Crippen LogP contribution is -2.50. The molecule has 0 spiro atoms. The predicted molar refractivity (Wildman–Crippen MR) is 91.9 cm³/mol. The van der Waals surface area contributed by atoms with Crippen LogP contribution in [-0.2, 0) is 28.7 Å². The van der Waals surface area contributed by atoms with Crippen LogP contribution in [0.25, 0.3) is 0 Å². The molecule has 6 nitrogen and oxygen atoms in total. The number of nitrogens with zero attached hydrogens (tertiary/aromatic N) is 1. The number of fused-ring (bicyclic) bond motifs is 1. The fraction of sp³-hybridized carbons (Fsp3) is 0.526. The molecule has 1 aromatic carbocycles. The second-order valence-electron chi connectivity index (χ2n) is 7.70. The van der Waals surface area contributed by atoms with Gasteiger partial charge in [-0.2, -0.15) is 13.2 Å². The molecule has 0 radical (unpaired) electrons. The van der Waals surface area contributed by atoms with E-state index in [4.69, 9.17) is 0 Å². The first-order chi connectivity index (χ1) is 13.2. The summed E-state index contributed by atoms with van der Waals surface area (Å²) in [5.74, 6) is -0.495. The smallest absolute Gasteiger partial charge is 0.338 e. The maximum absolute atomic E-state index is 12.8. The Bertz CT molecular complexity index is 851. The first kappa shape index (κ1) is 18.8. The van der Waals surface area contributed by atoms with E-state index < -0.39 is 23.3 Å². The van der Waals surface area contributed by atoms with Crippen LogP contribution in [0.1, 0.15) is 42.4 Å². The molecule has 1 aromatic rings. The number of carbonyl (C=O) groups is 3. The van der Waals surface area contributed by atoms with Gasteiger partial charge in [0.2, 0.25) is 5.91 Å². The van der Waals surface area contributed by atoms with Crippen LogP contribution >= 0.6 is 0 Å². The van der Waals surface area contributed by atoms with Crippen LogP contribution in [0.3, 0.4) is 0 Å². The molecule has 9 heteroatoms. The van der Waals surface area contributed by atoms with Crippen molar-refractivity contribution in [1.29, 1.82) is 0 Å². The van der Waals surface area contributed by atoms with Gasteiger partial charge in [-0.1, -0.05) is 6.07 Å². The highest BCUT2D eigenvalue weighted by Gasteiger charge is 2.55. The maximum Gasteiger partial charge on any atom is 0.416 e. The number of hydrogen-bond donors (Lipinski definition) is 2. The SMILES string of the molecule is O=C1NC(=O)[C@](CCC(=O)N2CCc3cc(C(F)(F)F)ccc3C2)(C2CC2)N1. The van der Waals surface area contributed by atoms with Gasteiger partial charge in [0.15, 0.2) is 0 Å². The molecule has 2 fully saturated rings. The molecule has 1 aliphatic carbocycles. The van der Waals surface area contributed by atoms with Crippen molar-refractivity contribution in [2.75, 3.05) is 6.54 Å². The highest BCUT2D eigenvalue weighted by atomic mass is 19.4. The van der Waals surface area contributed by atoms with Crippen molar-refractivity contribution in [3.05, 3.63) is 34.9 Å². The van der Waals surface area contributed by atoms with Gasteiger partial charge in [0.25, 0.3) is 5.91 Å². The highest BCUT2D eigenvalue weighted by Crippen LogP contribution is 2.44. The summed E-state index contributed by atoms with van der Waals surface area (Å²) in [5, 5.41) is 4.95. The molecular formula is C19H20F3N3O3. The number of nitrogens with one attached hydrogen (secondary N) is 2. The number of halogens is 3. The van der Waals surface area contributed by atoms with Crippen molar-refractivity contribution in [2.24, 2.45) is 5.92 Å². The average Bonchev–Trinajstić information content (AvgIpc) is 3.44. The van der Waals surface area contributed by atoms with Gasteiger partial charge in [-0.3, -0.25) is 14.9 Å². The normalized spacial score (nSPS) is 24.6. The topological polar surface area (TPSA) is 78.5 Å². The van der Waals surface area contributed by atoms with E-state index >= 15 is 0 Å². The van der Waals surface area contributed by atoms with E-state index in [1.165, 1.54) is 6.07 Å². The van der Waals surface area contributed by atoms with Crippen molar-refractivity contribution in [3.8, 4) is 0 Å². The lowest BCUT2D eigenvalue weighted by Gasteiger charge is -2.31. The monoisotopic (exact) mass is 395 g/mol. The third-order valence-corrected chi connectivity index (χ3v) is 5.87. The molecule has 2 heterocycles. The van der Waals surface area contributed by atoms with E-state index in [0.29, 0.717) is 24.1 Å². The summed E-state index contributed by atoms with van der Waals surface area (Å²) >= 11 is 0. The number of rotatable bonds is 4. The van der Waals surface area contributed by atoms with E-state index in [9.17, 15) is 27.6 Å². The summed E-state index contributed by atoms with van der Waals surface area (Å²) in [7, 11) is 0. The van der Waals surface area contributed by atoms with Crippen molar-refractivity contribution in [2.45, 2.75) is 50.4 Å². The second-order valence-corrected chi connectivity index (χ2v) is 7.70. The minimum absolute atomic E-state index is 0.0506. The summed E-state index contributed by atoms with van der Waals surface area (Å²) in [6.07, 6.45) is -2.03. The predicted octanol–water partition coefficient (Wildman–Crippen LogP) is 2.36. The van der Waals surface area contributed by atoms with Gasteiger partial charge in [0.05, 0.1) is 5.56 Å². The lowest BCUT2D eigenvalue weighted by atomic mass is 9.87. The van der Waals surface area contributed by atoms with Crippen LogP contribution < -0.4 is 10.6 Å². The van der Waals surface area contributed by atoms with Crippen molar-refractivity contribution >= 4 is 17.8 Å². The zero-order valence-electron chi connectivity index (χ0n) is 15.1. The summed E-state index contributed by atoms with van der Waals surface area (Å²) in [5.41, 5.74) is -0.380. The van der Waals surface area contributed by atoms with Crippen molar-refractivity contribution in [1.82, 2.24) is 15.5 Å². The van der Waals surface area contributed by atoms with E-state index in [0.717, 1.165) is 25.0 Å². The second kappa shape index (κ2) is 6.49. The fourth-order valence-electron chi connectivity index (χ4n) is 4.15. The van der Waals surface area contributed by atoms with Crippen LogP contribution in [0, 0.1) is 5.92 Å². The van der Waals surface area contributed by atoms with Gasteiger partial charge < -0.3 is 10.2 Å². The minimum atomic E-state index is -4.38. The summed E-state index contributed by atoms with van der Waals surface area (Å²) in [4.78, 5) is 38.1. The standard InChI is InChI=1S/C19H20F3N3O3/c20-19(21,22)14-2-1-12-10-25(8-6-11(12)9-14)15(26)5-7-18(13-3-4-13)16(27)23-17(28)24-18/h1-2,9,13H,3-8,10H2,(H2,23,24,27,28)/t18-/m0/s1. The molecule has 4 rings (SSSR count). The molecule has 1 atom stereocenters.